The second-order valence-electron chi connectivity index (χ2n) is 7.54. The van der Waals surface area contributed by atoms with E-state index in [1.54, 1.807) is 0 Å². The number of ether oxygens (including phenoxy) is 1. The van der Waals surface area contributed by atoms with Crippen LogP contribution < -0.4 is 5.32 Å². The van der Waals surface area contributed by atoms with Crippen LogP contribution in [0, 0.1) is 5.92 Å². The summed E-state index contributed by atoms with van der Waals surface area (Å²) in [5.41, 5.74) is -0.949. The second kappa shape index (κ2) is 5.59. The van der Waals surface area contributed by atoms with E-state index in [1.165, 1.54) is 0 Å². The second-order valence-corrected chi connectivity index (χ2v) is 7.54. The number of amides is 2. The number of carbonyl (C=O) groups excluding carboxylic acids is 2. The van der Waals surface area contributed by atoms with E-state index in [-0.39, 0.29) is 29.4 Å². The lowest BCUT2D eigenvalue weighted by Gasteiger charge is -2.35. The summed E-state index contributed by atoms with van der Waals surface area (Å²) in [4.78, 5) is 26.8. The van der Waals surface area contributed by atoms with Crippen LogP contribution in [0.25, 0.3) is 0 Å². The summed E-state index contributed by atoms with van der Waals surface area (Å²) in [5.74, 6) is 0.302. The molecule has 5 nitrogen and oxygen atoms in total. The van der Waals surface area contributed by atoms with Crippen LogP contribution in [0.3, 0.4) is 0 Å². The molecule has 2 amide bonds. The topological polar surface area (TPSA) is 58.6 Å². The molecule has 0 aromatic rings. The molecule has 120 valence electrons. The van der Waals surface area contributed by atoms with Crippen molar-refractivity contribution in [3.8, 4) is 0 Å². The molecule has 0 bridgehead atoms. The molecule has 21 heavy (non-hydrogen) atoms. The molecule has 0 spiro atoms. The van der Waals surface area contributed by atoms with E-state index in [0.29, 0.717) is 19.6 Å². The third kappa shape index (κ3) is 3.76. The number of nitrogens with one attached hydrogen (secondary N) is 1. The lowest BCUT2D eigenvalue weighted by atomic mass is 9.94. The third-order valence-electron chi connectivity index (χ3n) is 4.38. The zero-order valence-corrected chi connectivity index (χ0v) is 13.9. The number of hydrogen-bond donors (Lipinski definition) is 1. The van der Waals surface area contributed by atoms with Crippen molar-refractivity contribution >= 4 is 11.8 Å². The number of carbonyl (C=O) groups is 2. The lowest BCUT2D eigenvalue weighted by Crippen LogP contribution is -2.57. The zero-order valence-electron chi connectivity index (χ0n) is 13.9. The standard InChI is InChI=1S/C16H28N2O3/c1-11-10-13(19)17-16(5,12-6-7-12)14(20)18(11)8-9-21-15(2,3)4/h11-12H,6-10H2,1-5H3,(H,17,19). The maximum absolute atomic E-state index is 12.9. The van der Waals surface area contributed by atoms with Gasteiger partial charge in [0.2, 0.25) is 11.8 Å². The first-order valence-electron chi connectivity index (χ1n) is 7.89. The van der Waals surface area contributed by atoms with Gasteiger partial charge in [-0.3, -0.25) is 9.59 Å². The first-order chi connectivity index (χ1) is 9.63. The van der Waals surface area contributed by atoms with Crippen molar-refractivity contribution in [2.45, 2.75) is 71.1 Å². The fourth-order valence-electron chi connectivity index (χ4n) is 2.98. The summed E-state index contributed by atoms with van der Waals surface area (Å²) >= 11 is 0. The minimum Gasteiger partial charge on any atom is -0.374 e. The van der Waals surface area contributed by atoms with Crippen LogP contribution in [-0.2, 0) is 14.3 Å². The zero-order chi connectivity index (χ0) is 15.8. The van der Waals surface area contributed by atoms with Crippen molar-refractivity contribution in [3.63, 3.8) is 0 Å². The Labute approximate surface area is 127 Å². The van der Waals surface area contributed by atoms with Crippen molar-refractivity contribution in [2.24, 2.45) is 5.92 Å². The van der Waals surface area contributed by atoms with Crippen LogP contribution >= 0.6 is 0 Å². The van der Waals surface area contributed by atoms with Crippen molar-refractivity contribution in [2.75, 3.05) is 13.2 Å². The maximum Gasteiger partial charge on any atom is 0.248 e. The van der Waals surface area contributed by atoms with Gasteiger partial charge >= 0.3 is 0 Å². The molecule has 1 aliphatic carbocycles. The number of nitrogens with zero attached hydrogens (tertiary/aromatic N) is 1. The molecule has 2 unspecified atom stereocenters. The summed E-state index contributed by atoms with van der Waals surface area (Å²) in [6, 6.07) is -0.0818. The van der Waals surface area contributed by atoms with E-state index in [1.807, 2.05) is 39.5 Å². The van der Waals surface area contributed by atoms with Gasteiger partial charge in [-0.05, 0) is 53.4 Å². The Bertz CT molecular complexity index is 426. The molecule has 0 aromatic heterocycles. The van der Waals surface area contributed by atoms with Crippen LogP contribution in [0.2, 0.25) is 0 Å². The normalized spacial score (nSPS) is 31.1. The first-order valence-corrected chi connectivity index (χ1v) is 7.89. The van der Waals surface area contributed by atoms with Gasteiger partial charge in [-0.1, -0.05) is 0 Å². The molecular formula is C16H28N2O3. The van der Waals surface area contributed by atoms with Gasteiger partial charge in [0.25, 0.3) is 0 Å². The Kier molecular flexibility index (Phi) is 4.34. The van der Waals surface area contributed by atoms with Gasteiger partial charge in [0.15, 0.2) is 0 Å². The molecule has 2 rings (SSSR count). The quantitative estimate of drug-likeness (QED) is 0.859. The summed E-state index contributed by atoms with van der Waals surface area (Å²) in [7, 11) is 0. The van der Waals surface area contributed by atoms with E-state index in [9.17, 15) is 9.59 Å². The highest BCUT2D eigenvalue weighted by atomic mass is 16.5. The van der Waals surface area contributed by atoms with Crippen molar-refractivity contribution in [3.05, 3.63) is 0 Å². The summed E-state index contributed by atoms with van der Waals surface area (Å²) in [6.45, 7) is 10.8. The maximum atomic E-state index is 12.9. The molecule has 2 atom stereocenters. The van der Waals surface area contributed by atoms with Crippen molar-refractivity contribution < 1.29 is 14.3 Å². The minimum atomic E-state index is -0.733. The minimum absolute atomic E-state index is 0.0236. The predicted octanol–water partition coefficient (Wildman–Crippen LogP) is 1.71. The number of hydrogen-bond acceptors (Lipinski definition) is 3. The van der Waals surface area contributed by atoms with Crippen LogP contribution in [-0.4, -0.2) is 47.0 Å². The highest BCUT2D eigenvalue weighted by Crippen LogP contribution is 2.41. The average Bonchev–Trinajstić information content (AvgIpc) is 3.15. The van der Waals surface area contributed by atoms with Crippen molar-refractivity contribution in [1.29, 1.82) is 0 Å². The highest BCUT2D eigenvalue weighted by molar-refractivity contribution is 5.94. The van der Waals surface area contributed by atoms with Gasteiger partial charge in [0, 0.05) is 19.0 Å². The van der Waals surface area contributed by atoms with Gasteiger partial charge in [0.1, 0.15) is 5.54 Å². The molecular weight excluding hydrogens is 268 g/mol. The molecule has 2 fully saturated rings. The Morgan fingerprint density at radius 2 is 1.95 bits per heavy atom. The van der Waals surface area contributed by atoms with Crippen LogP contribution in [0.5, 0.6) is 0 Å². The third-order valence-corrected chi connectivity index (χ3v) is 4.38. The lowest BCUT2D eigenvalue weighted by molar-refractivity contribution is -0.141. The SMILES string of the molecule is CC1CC(=O)NC(C)(C2CC2)C(=O)N1CCOC(C)(C)C. The van der Waals surface area contributed by atoms with Gasteiger partial charge < -0.3 is 15.0 Å². The molecule has 1 heterocycles. The highest BCUT2D eigenvalue weighted by Gasteiger charge is 2.52. The first kappa shape index (κ1) is 16.3. The van der Waals surface area contributed by atoms with Crippen LogP contribution in [0.1, 0.15) is 53.9 Å². The summed E-state index contributed by atoms with van der Waals surface area (Å²) in [6.07, 6.45) is 2.40. The Morgan fingerprint density at radius 3 is 2.48 bits per heavy atom. The smallest absolute Gasteiger partial charge is 0.248 e. The van der Waals surface area contributed by atoms with Crippen LogP contribution in [0.15, 0.2) is 0 Å². The van der Waals surface area contributed by atoms with E-state index in [4.69, 9.17) is 4.74 Å². The van der Waals surface area contributed by atoms with Crippen LogP contribution in [0.4, 0.5) is 0 Å². The summed E-state index contributed by atoms with van der Waals surface area (Å²) < 4.78 is 5.74. The molecule has 1 saturated carbocycles. The fraction of sp³-hybridized carbons (Fsp3) is 0.875. The molecule has 1 saturated heterocycles. The van der Waals surface area contributed by atoms with Gasteiger partial charge in [0.05, 0.1) is 12.2 Å². The Morgan fingerprint density at radius 1 is 1.33 bits per heavy atom. The molecule has 5 heteroatoms. The van der Waals surface area contributed by atoms with Gasteiger partial charge in [-0.15, -0.1) is 0 Å². The Hall–Kier alpha value is -1.10. The van der Waals surface area contributed by atoms with E-state index >= 15 is 0 Å². The van der Waals surface area contributed by atoms with E-state index in [2.05, 4.69) is 5.32 Å². The van der Waals surface area contributed by atoms with E-state index in [0.717, 1.165) is 12.8 Å². The largest absolute Gasteiger partial charge is 0.374 e. The molecule has 0 radical (unpaired) electrons. The molecule has 1 aliphatic heterocycles. The average molecular weight is 296 g/mol. The van der Waals surface area contributed by atoms with E-state index < -0.39 is 5.54 Å². The fourth-order valence-corrected chi connectivity index (χ4v) is 2.98. The summed E-state index contributed by atoms with van der Waals surface area (Å²) in [5, 5.41) is 2.96. The molecule has 0 aromatic carbocycles. The molecule has 2 aliphatic rings. The van der Waals surface area contributed by atoms with Gasteiger partial charge in [-0.2, -0.15) is 0 Å². The molecule has 1 N–H and O–H groups in total. The Balaban J connectivity index is 2.09. The van der Waals surface area contributed by atoms with Crippen molar-refractivity contribution in [1.82, 2.24) is 10.2 Å². The predicted molar refractivity (Wildman–Crippen MR) is 80.8 cm³/mol. The number of rotatable bonds is 4. The monoisotopic (exact) mass is 296 g/mol. The van der Waals surface area contributed by atoms with Gasteiger partial charge in [-0.25, -0.2) is 0 Å².